The van der Waals surface area contributed by atoms with E-state index in [0.717, 1.165) is 74.1 Å². The van der Waals surface area contributed by atoms with Crippen LogP contribution in [0.4, 0.5) is 16.2 Å². The normalized spacial score (nSPS) is 17.1. The van der Waals surface area contributed by atoms with Gasteiger partial charge in [0.05, 0.1) is 16.4 Å². The zero-order chi connectivity index (χ0) is 73.6. The zero-order valence-corrected chi connectivity index (χ0v) is 59.7. The molecule has 6 rings (SSSR count). The Bertz CT molecular complexity index is 3760. The molecule has 0 saturated carbocycles. The summed E-state index contributed by atoms with van der Waals surface area (Å²) in [7, 11) is -7.54. The van der Waals surface area contributed by atoms with Gasteiger partial charge in [0.1, 0.15) is 35.9 Å². The predicted molar refractivity (Wildman–Crippen MR) is 379 cm³/mol. The highest BCUT2D eigenvalue weighted by molar-refractivity contribution is 7.85. The van der Waals surface area contributed by atoms with Crippen LogP contribution in [0.15, 0.2) is 137 Å². The van der Waals surface area contributed by atoms with Gasteiger partial charge in [0.15, 0.2) is 5.71 Å². The van der Waals surface area contributed by atoms with Gasteiger partial charge in [-0.3, -0.25) is 23.7 Å². The van der Waals surface area contributed by atoms with Crippen LogP contribution < -0.4 is 36.2 Å². The molecule has 0 aromatic heterocycles. The van der Waals surface area contributed by atoms with Crippen molar-refractivity contribution in [3.05, 3.63) is 143 Å². The first-order chi connectivity index (χ1) is 47.5. The van der Waals surface area contributed by atoms with Gasteiger partial charge in [-0.25, -0.2) is 14.4 Å². The first-order valence-electron chi connectivity index (χ1n) is 34.4. The number of unbranched alkanes of at least 4 members (excludes halogenated alkanes) is 6. The van der Waals surface area contributed by atoms with Gasteiger partial charge in [0.25, 0.3) is 10.1 Å². The van der Waals surface area contributed by atoms with Crippen LogP contribution in [0, 0.1) is 0 Å². The Morgan fingerprint density at radius 3 is 1.80 bits per heavy atom. The van der Waals surface area contributed by atoms with Gasteiger partial charge in [0, 0.05) is 86.2 Å². The van der Waals surface area contributed by atoms with E-state index in [1.807, 2.05) is 6.07 Å². The molecule has 25 nitrogen and oxygen atoms in total. The summed E-state index contributed by atoms with van der Waals surface area (Å²) in [6.07, 6.45) is 19.9. The van der Waals surface area contributed by atoms with Crippen LogP contribution in [-0.4, -0.2) is 142 Å². The van der Waals surface area contributed by atoms with Crippen LogP contribution in [0.3, 0.4) is 0 Å². The number of hydrogen-bond donors (Lipinski definition) is 10. The molecule has 2 heterocycles. The number of aliphatic hydroxyl groups excluding tert-OH is 1. The molecule has 5 amide bonds. The fraction of sp³-hybridized carbons (Fsp3) is 0.507. The molecule has 2 unspecified atom stereocenters. The smallest absolute Gasteiger partial charge is 0.425 e. The molecule has 10 N–H and O–H groups in total. The maximum atomic E-state index is 13.4. The van der Waals surface area contributed by atoms with Gasteiger partial charge in [-0.2, -0.15) is 13.0 Å². The zero-order valence-electron chi connectivity index (χ0n) is 58.0. The summed E-state index contributed by atoms with van der Waals surface area (Å²) in [5.41, 5.74) is 8.35. The van der Waals surface area contributed by atoms with Crippen molar-refractivity contribution in [2.24, 2.45) is 0 Å². The molecular weight excluding hydrogens is 1330 g/mol. The van der Waals surface area contributed by atoms with E-state index in [4.69, 9.17) is 22.5 Å². The Morgan fingerprint density at radius 1 is 0.650 bits per heavy atom. The number of fused-ring (bicyclic) bond motifs is 2. The van der Waals surface area contributed by atoms with E-state index in [1.165, 1.54) is 34.7 Å². The molecule has 4 atom stereocenters. The molecule has 1 aliphatic carbocycles. The average Bonchev–Trinajstić information content (AvgIpc) is 1.60. The standard InChI is InChI=1S/C73H99N7O15S.O3S/c1-7-9-49-80-60-30-16-14-26-55(60)72(4,5)62(80)42-35-51-24-22-25-52(68(51)95-53-37-39-54(40-38-53)96(92,93)94)36-43-63-73(6,56-27-15-17-31-61(56)79(63)48-8-2)45-23-34-65(83)75-47-20-18-28-58(69(87)88)76-66(84)33-13-11-10-12-32-64(82)74-46-21-19-29-59(70(89)90)78-71(91)77-57(50(3)81)41-44-67(85)86;1-4(2)3/h14-17,26-27,30-31,35-40,42-43,57-59H,3,7-13,18-25,28-29,32-34,41,44-49H2,1-2,4-6H3,(H9-,74,75,76,77,78,81,82,83,84,85,86,87,88,89,90,91,92,93,94);/p+1/t57-,58?,59-,73?;/m0./s1. The molecule has 0 radical (unpaired) electrons. The SMILES string of the molecule is C=C(O)[C@H](CCC(=O)O)NC(=O)N[C@@H](CCCCNC(=O)CCCCCCC(=O)NC(CCCCNC(=O)CCCC1(C)/C(=C\C=C2/CCCC(/C=C/C3=[N+](CCCC)c4ccccc4C3(C)C)=C2Oc2ccc(S(=O)(=O)O)cc2)N(CCC)c2ccccc21)C(=O)O)C(=O)O.O=S(=O)=O. The number of nitrogens with one attached hydrogen (secondary N) is 5. The lowest BCUT2D eigenvalue weighted by Gasteiger charge is -2.30. The molecule has 3 aliphatic rings. The van der Waals surface area contributed by atoms with Gasteiger partial charge < -0.3 is 56.6 Å². The number of rotatable bonds is 41. The number of carboxylic acids is 3. The number of benzene rings is 3. The highest BCUT2D eigenvalue weighted by Gasteiger charge is 2.45. The highest BCUT2D eigenvalue weighted by atomic mass is 32.2. The Kier molecular flexibility index (Phi) is 33.0. The van der Waals surface area contributed by atoms with E-state index in [1.54, 1.807) is 12.1 Å². The molecule has 100 heavy (non-hydrogen) atoms. The number of para-hydroxylation sites is 2. The number of amides is 5. The number of carboxylic acid groups (broad SMARTS) is 3. The molecule has 0 saturated heterocycles. The molecule has 546 valence electrons. The maximum Gasteiger partial charge on any atom is 0.425 e. The Morgan fingerprint density at radius 2 is 1.22 bits per heavy atom. The molecule has 0 fully saturated rings. The number of ether oxygens (including phenoxy) is 1. The van der Waals surface area contributed by atoms with E-state index in [-0.39, 0.29) is 79.5 Å². The second-order valence-electron chi connectivity index (χ2n) is 26.0. The molecule has 27 heteroatoms. The lowest BCUT2D eigenvalue weighted by atomic mass is 9.77. The van der Waals surface area contributed by atoms with Gasteiger partial charge in [-0.15, -0.1) is 12.6 Å². The number of nitrogens with zero attached hydrogens (tertiary/aromatic N) is 2. The average molecular weight is 1430 g/mol. The van der Waals surface area contributed by atoms with Crippen LogP contribution in [0.1, 0.15) is 193 Å². The Labute approximate surface area is 588 Å². The lowest BCUT2D eigenvalue weighted by Crippen LogP contribution is -2.49. The third-order valence-corrected chi connectivity index (χ3v) is 18.9. The maximum absolute atomic E-state index is 13.4. The number of aliphatic carboxylic acids is 3. The van der Waals surface area contributed by atoms with Crippen LogP contribution in [-0.2, 0) is 60.3 Å². The number of hydrogen-bond acceptors (Lipinski definition) is 15. The van der Waals surface area contributed by atoms with Crippen LogP contribution in [0.25, 0.3) is 0 Å². The summed E-state index contributed by atoms with van der Waals surface area (Å²) >= 11 is 0. The number of urea groups is 1. The Balaban J connectivity index is 0.00000438. The summed E-state index contributed by atoms with van der Waals surface area (Å²) in [4.78, 5) is 87.9. The summed E-state index contributed by atoms with van der Waals surface area (Å²) in [5.74, 6) is -3.59. The monoisotopic (exact) mass is 1430 g/mol. The summed E-state index contributed by atoms with van der Waals surface area (Å²) in [6, 6.07) is 18.5. The molecule has 0 bridgehead atoms. The first kappa shape index (κ1) is 81.7. The Hall–Kier alpha value is -8.95. The van der Waals surface area contributed by atoms with Crippen molar-refractivity contribution in [2.45, 2.75) is 216 Å². The second kappa shape index (κ2) is 40.3. The van der Waals surface area contributed by atoms with Crippen molar-refractivity contribution in [1.29, 1.82) is 0 Å². The third kappa shape index (κ3) is 25.3. The van der Waals surface area contributed by atoms with Gasteiger partial charge >= 0.3 is 34.5 Å². The molecule has 2 aliphatic heterocycles. The molecule has 0 spiro atoms. The number of anilines is 1. The van der Waals surface area contributed by atoms with Crippen molar-refractivity contribution in [3.63, 3.8) is 0 Å². The van der Waals surface area contributed by atoms with E-state index < -0.39 is 74.0 Å². The van der Waals surface area contributed by atoms with Gasteiger partial charge in [-0.05, 0) is 176 Å². The van der Waals surface area contributed by atoms with Crippen molar-refractivity contribution >= 4 is 79.5 Å². The van der Waals surface area contributed by atoms with Crippen molar-refractivity contribution in [2.75, 3.05) is 31.1 Å². The minimum Gasteiger partial charge on any atom is -0.511 e. The fourth-order valence-electron chi connectivity index (χ4n) is 12.8. The molecule has 3 aromatic carbocycles. The number of allylic oxidation sites excluding steroid dienone is 7. The van der Waals surface area contributed by atoms with E-state index in [9.17, 15) is 61.9 Å². The third-order valence-electron chi connectivity index (χ3n) is 18.0. The topological polar surface area (TPSA) is 382 Å². The van der Waals surface area contributed by atoms with Crippen molar-refractivity contribution < 1.29 is 88.9 Å². The lowest BCUT2D eigenvalue weighted by molar-refractivity contribution is -0.438. The molecule has 3 aromatic rings. The number of carbonyl (C=O) groups excluding carboxylic acids is 4. The largest absolute Gasteiger partial charge is 0.511 e. The van der Waals surface area contributed by atoms with Crippen LogP contribution in [0.5, 0.6) is 5.75 Å². The number of carbonyl (C=O) groups is 7. The summed E-state index contributed by atoms with van der Waals surface area (Å²) < 4.78 is 68.4. The van der Waals surface area contributed by atoms with Gasteiger partial charge in [0.2, 0.25) is 23.4 Å². The highest BCUT2D eigenvalue weighted by Crippen LogP contribution is 2.51. The quantitative estimate of drug-likeness (QED) is 0.0109. The minimum atomic E-state index is -4.42. The second-order valence-corrected chi connectivity index (χ2v) is 27.8. The first-order valence-corrected chi connectivity index (χ1v) is 36.9. The minimum absolute atomic E-state index is 0.0564. The summed E-state index contributed by atoms with van der Waals surface area (Å²) in [5, 5.41) is 51.1. The van der Waals surface area contributed by atoms with Crippen molar-refractivity contribution in [1.82, 2.24) is 26.6 Å². The van der Waals surface area contributed by atoms with Crippen molar-refractivity contribution in [3.8, 4) is 5.75 Å². The summed E-state index contributed by atoms with van der Waals surface area (Å²) in [6.45, 7) is 16.7. The van der Waals surface area contributed by atoms with E-state index in [2.05, 4.69) is 144 Å². The van der Waals surface area contributed by atoms with Gasteiger partial charge in [-0.1, -0.05) is 82.2 Å². The van der Waals surface area contributed by atoms with E-state index >= 15 is 0 Å². The number of aliphatic hydroxyl groups is 1. The molecular formula is C73H100N7O18S2+. The van der Waals surface area contributed by atoms with Crippen LogP contribution >= 0.6 is 0 Å². The predicted octanol–water partition coefficient (Wildman–Crippen LogP) is 10.9. The van der Waals surface area contributed by atoms with E-state index in [0.29, 0.717) is 82.3 Å². The van der Waals surface area contributed by atoms with Crippen LogP contribution in [0.2, 0.25) is 0 Å². The fourth-order valence-corrected chi connectivity index (χ4v) is 13.3.